The summed E-state index contributed by atoms with van der Waals surface area (Å²) in [6.45, 7) is 1.04. The van der Waals surface area contributed by atoms with Crippen LogP contribution in [-0.2, 0) is 22.4 Å². The molecule has 2 aliphatic rings. The van der Waals surface area contributed by atoms with Gasteiger partial charge in [0.05, 0.1) is 24.5 Å². The summed E-state index contributed by atoms with van der Waals surface area (Å²) < 4.78 is 16.6. The van der Waals surface area contributed by atoms with Crippen molar-refractivity contribution < 1.29 is 38.8 Å². The van der Waals surface area contributed by atoms with Gasteiger partial charge in [-0.15, -0.1) is 0 Å². The van der Waals surface area contributed by atoms with Crippen LogP contribution in [0.25, 0.3) is 0 Å². The number of fused-ring (bicyclic) bond motifs is 2. The zero-order valence-corrected chi connectivity index (χ0v) is 23.2. The Bertz CT molecular complexity index is 1400. The Kier molecular flexibility index (Phi) is 9.11. The number of nitrogens with zero attached hydrogens (tertiary/aromatic N) is 1. The monoisotopic (exact) mass is 574 g/mol. The van der Waals surface area contributed by atoms with E-state index < -0.39 is 18.4 Å². The highest BCUT2D eigenvalue weighted by atomic mass is 16.8. The Morgan fingerprint density at radius 1 is 0.929 bits per heavy atom. The second-order valence-corrected chi connectivity index (χ2v) is 10.5. The van der Waals surface area contributed by atoms with E-state index in [0.717, 1.165) is 25.7 Å². The number of hydrogen-bond donors (Lipinski definition) is 3. The number of anilines is 2. The van der Waals surface area contributed by atoms with E-state index in [0.29, 0.717) is 48.2 Å². The third-order valence-corrected chi connectivity index (χ3v) is 7.53. The standard InChI is InChI=1S/C32H34N2O8/c35-28(36)11-4-16-34-20-29(42-32(38)39)41-30-26(9-3-10-27(30)34)33-31(37)22-12-14-25(15-13-22)40-17-5-6-21-18-23-7-1-2-8-24(23)19-21/h1-3,7-10,12-15,21,29H,4-6,11,16-20H2,(H,33,37)(H,35,36)(H,38,39). The molecule has 3 aromatic rings. The average Bonchev–Trinajstić information content (AvgIpc) is 3.38. The molecular weight excluding hydrogens is 540 g/mol. The molecule has 10 nitrogen and oxygen atoms in total. The van der Waals surface area contributed by atoms with E-state index in [-0.39, 0.29) is 24.6 Å². The smallest absolute Gasteiger partial charge is 0.494 e. The summed E-state index contributed by atoms with van der Waals surface area (Å²) in [5, 5.41) is 20.9. The number of rotatable bonds is 12. The van der Waals surface area contributed by atoms with E-state index in [1.54, 1.807) is 47.4 Å². The molecule has 0 saturated heterocycles. The van der Waals surface area contributed by atoms with Crippen LogP contribution in [0.4, 0.5) is 16.2 Å². The third-order valence-electron chi connectivity index (χ3n) is 7.53. The van der Waals surface area contributed by atoms with Crippen molar-refractivity contribution in [3.63, 3.8) is 0 Å². The van der Waals surface area contributed by atoms with E-state index >= 15 is 0 Å². The van der Waals surface area contributed by atoms with Crippen molar-refractivity contribution in [3.8, 4) is 11.5 Å². The van der Waals surface area contributed by atoms with Gasteiger partial charge >= 0.3 is 12.1 Å². The number of carbonyl (C=O) groups is 3. The minimum absolute atomic E-state index is 0.0391. The topological polar surface area (TPSA) is 135 Å². The lowest BCUT2D eigenvalue weighted by Crippen LogP contribution is -2.43. The van der Waals surface area contributed by atoms with Gasteiger partial charge < -0.3 is 34.6 Å². The summed E-state index contributed by atoms with van der Waals surface area (Å²) in [4.78, 5) is 37.0. The molecule has 0 saturated carbocycles. The fourth-order valence-electron chi connectivity index (χ4n) is 5.56. The Morgan fingerprint density at radius 2 is 1.67 bits per heavy atom. The minimum atomic E-state index is -1.50. The van der Waals surface area contributed by atoms with Crippen LogP contribution in [-0.4, -0.2) is 54.2 Å². The molecule has 10 heteroatoms. The van der Waals surface area contributed by atoms with Gasteiger partial charge in [-0.25, -0.2) is 4.79 Å². The van der Waals surface area contributed by atoms with Crippen molar-refractivity contribution in [2.75, 3.05) is 29.9 Å². The van der Waals surface area contributed by atoms with Crippen molar-refractivity contribution in [3.05, 3.63) is 83.4 Å². The molecule has 0 bridgehead atoms. The summed E-state index contributed by atoms with van der Waals surface area (Å²) in [6, 6.07) is 20.7. The molecule has 220 valence electrons. The number of carbonyl (C=O) groups excluding carboxylic acids is 1. The van der Waals surface area contributed by atoms with E-state index in [4.69, 9.17) is 24.4 Å². The van der Waals surface area contributed by atoms with E-state index in [9.17, 15) is 14.4 Å². The normalized spacial score (nSPS) is 15.7. The fourth-order valence-corrected chi connectivity index (χ4v) is 5.56. The first-order chi connectivity index (χ1) is 20.4. The van der Waals surface area contributed by atoms with Gasteiger partial charge in [-0.05, 0) is 85.5 Å². The lowest BCUT2D eigenvalue weighted by molar-refractivity contribution is -0.137. The van der Waals surface area contributed by atoms with Crippen LogP contribution in [0.5, 0.6) is 11.5 Å². The number of aliphatic carboxylic acids is 1. The van der Waals surface area contributed by atoms with Crippen molar-refractivity contribution >= 4 is 29.4 Å². The van der Waals surface area contributed by atoms with Crippen molar-refractivity contribution in [1.29, 1.82) is 0 Å². The molecule has 1 atom stereocenters. The highest BCUT2D eigenvalue weighted by Crippen LogP contribution is 2.40. The predicted molar refractivity (Wildman–Crippen MR) is 156 cm³/mol. The van der Waals surface area contributed by atoms with Crippen LogP contribution in [0.15, 0.2) is 66.7 Å². The van der Waals surface area contributed by atoms with E-state index in [1.807, 2.05) is 0 Å². The molecule has 1 aliphatic carbocycles. The number of carboxylic acids is 1. The number of carboxylic acid groups (broad SMARTS) is 2. The van der Waals surface area contributed by atoms with Crippen LogP contribution in [0.3, 0.4) is 0 Å². The van der Waals surface area contributed by atoms with Gasteiger partial charge in [0.15, 0.2) is 5.75 Å². The van der Waals surface area contributed by atoms with Gasteiger partial charge in [-0.2, -0.15) is 0 Å². The molecule has 0 radical (unpaired) electrons. The fraction of sp³-hybridized carbons (Fsp3) is 0.344. The number of hydrogen-bond acceptors (Lipinski definition) is 7. The lowest BCUT2D eigenvalue weighted by atomic mass is 10.0. The van der Waals surface area contributed by atoms with Gasteiger partial charge in [0, 0.05) is 18.5 Å². The molecule has 42 heavy (non-hydrogen) atoms. The molecule has 1 aliphatic heterocycles. The first kappa shape index (κ1) is 28.8. The number of ether oxygens (including phenoxy) is 3. The Balaban J connectivity index is 1.16. The summed E-state index contributed by atoms with van der Waals surface area (Å²) >= 11 is 0. The Hall–Kier alpha value is -4.73. The first-order valence-corrected chi connectivity index (χ1v) is 14.1. The van der Waals surface area contributed by atoms with Crippen molar-refractivity contribution in [2.45, 2.75) is 44.8 Å². The summed E-state index contributed by atoms with van der Waals surface area (Å²) in [6.07, 6.45) is 1.99. The number of para-hydroxylation sites is 1. The average molecular weight is 575 g/mol. The van der Waals surface area contributed by atoms with E-state index in [2.05, 4.69) is 29.6 Å². The summed E-state index contributed by atoms with van der Waals surface area (Å²) in [7, 11) is 0. The van der Waals surface area contributed by atoms with Crippen LogP contribution in [0.1, 0.15) is 47.2 Å². The SMILES string of the molecule is O=C(O)CCCN1CC(OC(=O)O)Oc2c(NC(=O)c3ccc(OCCCC4Cc5ccccc5C4)cc3)cccc21. The second-order valence-electron chi connectivity index (χ2n) is 10.5. The molecule has 1 unspecified atom stereocenters. The maximum absolute atomic E-state index is 13.1. The highest BCUT2D eigenvalue weighted by molar-refractivity contribution is 6.05. The predicted octanol–water partition coefficient (Wildman–Crippen LogP) is 5.60. The van der Waals surface area contributed by atoms with Gasteiger partial charge in [0.25, 0.3) is 12.2 Å². The van der Waals surface area contributed by atoms with Crippen LogP contribution < -0.4 is 19.7 Å². The van der Waals surface area contributed by atoms with E-state index in [1.165, 1.54) is 11.1 Å². The maximum atomic E-state index is 13.1. The Labute approximate surface area is 243 Å². The summed E-state index contributed by atoms with van der Waals surface area (Å²) in [5.74, 6) is 0.302. The molecule has 0 fully saturated rings. The van der Waals surface area contributed by atoms with Crippen LogP contribution >= 0.6 is 0 Å². The van der Waals surface area contributed by atoms with Gasteiger partial charge in [-0.3, -0.25) is 9.59 Å². The summed E-state index contributed by atoms with van der Waals surface area (Å²) in [5.41, 5.74) is 4.28. The van der Waals surface area contributed by atoms with Crippen molar-refractivity contribution in [2.24, 2.45) is 5.92 Å². The Morgan fingerprint density at radius 3 is 2.36 bits per heavy atom. The molecular formula is C32H34N2O8. The minimum Gasteiger partial charge on any atom is -0.494 e. The quantitative estimate of drug-likeness (QED) is 0.187. The molecule has 3 aromatic carbocycles. The third kappa shape index (κ3) is 7.31. The maximum Gasteiger partial charge on any atom is 0.508 e. The van der Waals surface area contributed by atoms with Crippen LogP contribution in [0.2, 0.25) is 0 Å². The lowest BCUT2D eigenvalue weighted by Gasteiger charge is -2.36. The molecule has 0 aromatic heterocycles. The first-order valence-electron chi connectivity index (χ1n) is 14.1. The zero-order chi connectivity index (χ0) is 29.5. The second kappa shape index (κ2) is 13.3. The number of nitrogens with one attached hydrogen (secondary N) is 1. The largest absolute Gasteiger partial charge is 0.508 e. The molecule has 3 N–H and O–H groups in total. The molecule has 1 heterocycles. The highest BCUT2D eigenvalue weighted by Gasteiger charge is 2.30. The molecule has 5 rings (SSSR count). The van der Waals surface area contributed by atoms with Crippen LogP contribution in [0, 0.1) is 5.92 Å². The van der Waals surface area contributed by atoms with Gasteiger partial charge in [0.2, 0.25) is 0 Å². The van der Waals surface area contributed by atoms with Gasteiger partial charge in [0.1, 0.15) is 5.75 Å². The number of benzene rings is 3. The van der Waals surface area contributed by atoms with Gasteiger partial charge in [-0.1, -0.05) is 30.3 Å². The van der Waals surface area contributed by atoms with Crippen molar-refractivity contribution in [1.82, 2.24) is 0 Å². The molecule has 0 spiro atoms. The zero-order valence-electron chi connectivity index (χ0n) is 23.2. The molecule has 1 amide bonds. The number of amides is 1.